The highest BCUT2D eigenvalue weighted by atomic mass is 17.1. The third-order valence-electron chi connectivity index (χ3n) is 10.7. The molecule has 10 nitrogen and oxygen atoms in total. The minimum absolute atomic E-state index is 0.172. The first kappa shape index (κ1) is 28.8. The average molecular weight is 561 g/mol. The van der Waals surface area contributed by atoms with Crippen LogP contribution < -0.4 is 0 Å². The summed E-state index contributed by atoms with van der Waals surface area (Å²) in [6.45, 7) is 12.7. The van der Waals surface area contributed by atoms with E-state index in [-0.39, 0.29) is 36.8 Å². The van der Waals surface area contributed by atoms with Gasteiger partial charge >= 0.3 is 23.9 Å². The Labute approximate surface area is 234 Å². The van der Waals surface area contributed by atoms with E-state index in [9.17, 15) is 24.4 Å². The molecule has 0 bridgehead atoms. The Morgan fingerprint density at radius 2 is 1.73 bits per heavy atom. The van der Waals surface area contributed by atoms with Gasteiger partial charge in [0.15, 0.2) is 0 Å². The van der Waals surface area contributed by atoms with Crippen molar-refractivity contribution in [2.24, 2.45) is 39.9 Å². The van der Waals surface area contributed by atoms with Crippen molar-refractivity contribution < 1.29 is 48.3 Å². The molecule has 2 heterocycles. The third kappa shape index (κ3) is 4.04. The highest BCUT2D eigenvalue weighted by Crippen LogP contribution is 2.72. The summed E-state index contributed by atoms with van der Waals surface area (Å²) in [5, 5.41) is 10.1. The molecule has 220 valence electrons. The van der Waals surface area contributed by atoms with Crippen LogP contribution in [0.15, 0.2) is 23.8 Å². The van der Waals surface area contributed by atoms with Gasteiger partial charge in [-0.3, -0.25) is 19.6 Å². The van der Waals surface area contributed by atoms with E-state index in [1.807, 2.05) is 19.1 Å². The summed E-state index contributed by atoms with van der Waals surface area (Å²) in [6.07, 6.45) is 4.22. The number of hydrogen-bond acceptors (Lipinski definition) is 10. The molecule has 5 aliphatic rings. The van der Waals surface area contributed by atoms with Crippen molar-refractivity contribution in [1.82, 2.24) is 0 Å². The number of ether oxygens (including phenoxy) is 4. The fraction of sp³-hybridized carbons (Fsp3) is 0.733. The van der Waals surface area contributed by atoms with Crippen LogP contribution in [-0.2, 0) is 43.0 Å². The summed E-state index contributed by atoms with van der Waals surface area (Å²) in [5.74, 6) is -3.00. The molecule has 10 heteroatoms. The Kier molecular flexibility index (Phi) is 6.77. The lowest BCUT2D eigenvalue weighted by atomic mass is 9.39. The van der Waals surface area contributed by atoms with Crippen LogP contribution in [0.1, 0.15) is 67.7 Å². The second-order valence-corrected chi connectivity index (χ2v) is 13.4. The summed E-state index contributed by atoms with van der Waals surface area (Å²) in [5.41, 5.74) is -2.31. The molecule has 0 radical (unpaired) electrons. The van der Waals surface area contributed by atoms with Crippen molar-refractivity contribution in [1.29, 1.82) is 0 Å². The van der Waals surface area contributed by atoms with Crippen LogP contribution in [0.3, 0.4) is 0 Å². The maximum atomic E-state index is 12.7. The van der Waals surface area contributed by atoms with E-state index >= 15 is 0 Å². The van der Waals surface area contributed by atoms with Gasteiger partial charge in [0.05, 0.1) is 13.0 Å². The third-order valence-corrected chi connectivity index (χ3v) is 10.7. The molecule has 1 saturated heterocycles. The zero-order valence-electron chi connectivity index (χ0n) is 24.2. The van der Waals surface area contributed by atoms with E-state index in [1.54, 1.807) is 13.8 Å². The van der Waals surface area contributed by atoms with Crippen molar-refractivity contribution in [3.63, 3.8) is 0 Å². The van der Waals surface area contributed by atoms with Crippen LogP contribution in [0.5, 0.6) is 0 Å². The average Bonchev–Trinajstić information content (AvgIpc) is 3.36. The van der Waals surface area contributed by atoms with Crippen LogP contribution in [0.4, 0.5) is 0 Å². The predicted molar refractivity (Wildman–Crippen MR) is 139 cm³/mol. The predicted octanol–water partition coefficient (Wildman–Crippen LogP) is 3.78. The lowest BCUT2D eigenvalue weighted by Crippen LogP contribution is -2.70. The molecule has 2 saturated carbocycles. The fourth-order valence-electron chi connectivity index (χ4n) is 9.73. The number of carbonyl (C=O) groups is 4. The monoisotopic (exact) mass is 560 g/mol. The lowest BCUT2D eigenvalue weighted by Gasteiger charge is -2.66. The van der Waals surface area contributed by atoms with Gasteiger partial charge in [-0.15, -0.1) is 0 Å². The molecular weight excluding hydrogens is 520 g/mol. The summed E-state index contributed by atoms with van der Waals surface area (Å²) in [4.78, 5) is 55.2. The molecule has 0 aromatic carbocycles. The minimum Gasteiger partial charge on any atom is -0.465 e. The highest BCUT2D eigenvalue weighted by molar-refractivity contribution is 5.83. The second-order valence-electron chi connectivity index (χ2n) is 13.4. The van der Waals surface area contributed by atoms with Crippen molar-refractivity contribution in [2.75, 3.05) is 6.61 Å². The van der Waals surface area contributed by atoms with Gasteiger partial charge in [-0.25, -0.2) is 9.68 Å². The molecule has 0 unspecified atom stereocenters. The van der Waals surface area contributed by atoms with E-state index in [1.165, 1.54) is 19.9 Å². The fourth-order valence-corrected chi connectivity index (χ4v) is 9.73. The summed E-state index contributed by atoms with van der Waals surface area (Å²) in [7, 11) is 0. The van der Waals surface area contributed by atoms with Gasteiger partial charge in [0.2, 0.25) is 0 Å². The minimum atomic E-state index is -1.07. The first-order chi connectivity index (χ1) is 18.6. The smallest absolute Gasteiger partial charge is 0.330 e. The Bertz CT molecular complexity index is 1190. The van der Waals surface area contributed by atoms with Gasteiger partial charge in [-0.2, -0.15) is 0 Å². The molecule has 0 amide bonds. The Balaban J connectivity index is 1.74. The number of fused-ring (bicyclic) bond motifs is 5. The zero-order valence-corrected chi connectivity index (χ0v) is 24.2. The number of hydrogen-bond donors (Lipinski definition) is 1. The molecule has 1 N–H and O–H groups in total. The van der Waals surface area contributed by atoms with E-state index in [4.69, 9.17) is 23.8 Å². The molecule has 0 aromatic rings. The molecular formula is C30H40O10. The molecule has 2 aliphatic heterocycles. The number of esters is 4. The molecule has 0 aromatic heterocycles. The van der Waals surface area contributed by atoms with Crippen LogP contribution in [0, 0.1) is 39.9 Å². The molecule has 0 spiro atoms. The standard InChI is InChI=1S/C30H40O10/c1-15(31)37-24-25-27(3,4)39-21(33)9-11-29(25,6)19-8-10-28(5)20(30(19,7)26(24)38-16(2)32)13-18(40-35)23(28)17-12-22(34)36-14-17/h9,11,13,17-19,23-26,35H,8,10,12,14H2,1-7H3/t17-,18-,19+,23+,24+,25-,26+,28+,29+,30+/m0/s1. The lowest BCUT2D eigenvalue weighted by molar-refractivity contribution is -0.284. The maximum absolute atomic E-state index is 12.7. The van der Waals surface area contributed by atoms with Crippen molar-refractivity contribution in [3.05, 3.63) is 23.8 Å². The Hall–Kier alpha value is -2.72. The van der Waals surface area contributed by atoms with E-state index in [0.717, 1.165) is 5.57 Å². The summed E-state index contributed by atoms with van der Waals surface area (Å²) >= 11 is 0. The highest BCUT2D eigenvalue weighted by Gasteiger charge is 2.73. The van der Waals surface area contributed by atoms with Gasteiger partial charge in [0.25, 0.3) is 0 Å². The number of carbonyl (C=O) groups excluding carboxylic acids is 4. The molecule has 40 heavy (non-hydrogen) atoms. The summed E-state index contributed by atoms with van der Waals surface area (Å²) in [6, 6.07) is 0. The first-order valence-electron chi connectivity index (χ1n) is 14.0. The number of cyclic esters (lactones) is 2. The summed E-state index contributed by atoms with van der Waals surface area (Å²) < 4.78 is 23.4. The van der Waals surface area contributed by atoms with Crippen LogP contribution in [0.2, 0.25) is 0 Å². The topological polar surface area (TPSA) is 135 Å². The van der Waals surface area contributed by atoms with Gasteiger partial charge in [0.1, 0.15) is 23.9 Å². The van der Waals surface area contributed by atoms with Crippen molar-refractivity contribution in [3.8, 4) is 0 Å². The quantitative estimate of drug-likeness (QED) is 0.178. The van der Waals surface area contributed by atoms with Crippen molar-refractivity contribution in [2.45, 2.75) is 91.6 Å². The van der Waals surface area contributed by atoms with E-state index in [0.29, 0.717) is 12.8 Å². The van der Waals surface area contributed by atoms with Gasteiger partial charge in [0, 0.05) is 48.5 Å². The van der Waals surface area contributed by atoms with Gasteiger partial charge in [-0.1, -0.05) is 38.5 Å². The van der Waals surface area contributed by atoms with E-state index in [2.05, 4.69) is 13.8 Å². The molecule has 5 rings (SSSR count). The first-order valence-corrected chi connectivity index (χ1v) is 14.0. The van der Waals surface area contributed by atoms with Gasteiger partial charge in [-0.05, 0) is 38.0 Å². The number of allylic oxidation sites excluding steroid dienone is 1. The number of rotatable bonds is 4. The van der Waals surface area contributed by atoms with Gasteiger partial charge < -0.3 is 18.9 Å². The Morgan fingerprint density at radius 1 is 1.05 bits per heavy atom. The van der Waals surface area contributed by atoms with E-state index < -0.39 is 64.0 Å². The van der Waals surface area contributed by atoms with Crippen LogP contribution >= 0.6 is 0 Å². The molecule has 3 aliphatic carbocycles. The normalized spacial score (nSPS) is 45.2. The van der Waals surface area contributed by atoms with Crippen molar-refractivity contribution >= 4 is 23.9 Å². The van der Waals surface area contributed by atoms with Crippen LogP contribution in [0.25, 0.3) is 0 Å². The Morgan fingerprint density at radius 3 is 2.30 bits per heavy atom. The second kappa shape index (κ2) is 9.41. The largest absolute Gasteiger partial charge is 0.465 e. The SMILES string of the molecule is CC(=O)O[C@H]1[C@@H](OC(C)=O)[C@@]2(C)C3=C[C@H](OO)[C@@H]([C@@H]4COC(=O)C4)[C@]3(C)CC[C@@H]2[C@@]2(C)C=CC(=O)OC(C)(C)[C@H]12. The molecule has 10 atom stereocenters. The maximum Gasteiger partial charge on any atom is 0.330 e. The van der Waals surface area contributed by atoms with Crippen LogP contribution in [-0.4, -0.2) is 59.7 Å². The molecule has 3 fully saturated rings. The zero-order chi connectivity index (χ0) is 29.4.